The maximum Gasteiger partial charge on any atom is 0.326 e. The van der Waals surface area contributed by atoms with Crippen molar-refractivity contribution in [2.75, 3.05) is 19.8 Å². The Kier molecular flexibility index (Phi) is 7.20. The number of ether oxygens (including phenoxy) is 2. The van der Waals surface area contributed by atoms with Gasteiger partial charge < -0.3 is 24.8 Å². The van der Waals surface area contributed by atoms with Crippen LogP contribution < -0.4 is 10.1 Å². The van der Waals surface area contributed by atoms with Gasteiger partial charge in [0.2, 0.25) is 11.8 Å². The van der Waals surface area contributed by atoms with Crippen molar-refractivity contribution in [1.29, 1.82) is 0 Å². The fourth-order valence-electron chi connectivity index (χ4n) is 4.02. The smallest absolute Gasteiger partial charge is 0.326 e. The topological polar surface area (TPSA) is 105 Å². The molecule has 3 atom stereocenters. The second kappa shape index (κ2) is 9.68. The quantitative estimate of drug-likeness (QED) is 0.703. The molecular formula is C23H32N2O6. The van der Waals surface area contributed by atoms with Crippen LogP contribution in [0.25, 0.3) is 0 Å². The zero-order valence-electron chi connectivity index (χ0n) is 18.4. The summed E-state index contributed by atoms with van der Waals surface area (Å²) in [4.78, 5) is 39.5. The zero-order valence-corrected chi connectivity index (χ0v) is 18.4. The lowest BCUT2D eigenvalue weighted by molar-refractivity contribution is -0.150. The van der Waals surface area contributed by atoms with Crippen LogP contribution >= 0.6 is 0 Å². The van der Waals surface area contributed by atoms with Gasteiger partial charge in [-0.15, -0.1) is 0 Å². The zero-order chi connectivity index (χ0) is 22.6. The Labute approximate surface area is 182 Å². The lowest BCUT2D eigenvalue weighted by Gasteiger charge is -2.35. The molecule has 2 aliphatic heterocycles. The van der Waals surface area contributed by atoms with Crippen LogP contribution in [0.5, 0.6) is 5.75 Å². The third-order valence-electron chi connectivity index (χ3n) is 5.72. The van der Waals surface area contributed by atoms with Crippen LogP contribution in [-0.4, -0.2) is 65.7 Å². The molecule has 31 heavy (non-hydrogen) atoms. The monoisotopic (exact) mass is 432 g/mol. The van der Waals surface area contributed by atoms with E-state index in [1.54, 1.807) is 0 Å². The molecule has 0 saturated carbocycles. The van der Waals surface area contributed by atoms with Gasteiger partial charge in [0.1, 0.15) is 17.8 Å². The van der Waals surface area contributed by atoms with Crippen molar-refractivity contribution in [3.8, 4) is 5.75 Å². The van der Waals surface area contributed by atoms with E-state index in [2.05, 4.69) is 5.32 Å². The Bertz CT molecular complexity index is 819. The first kappa shape index (κ1) is 23.1. The first-order valence-electron chi connectivity index (χ1n) is 10.8. The van der Waals surface area contributed by atoms with Crippen LogP contribution in [0.1, 0.15) is 45.6 Å². The van der Waals surface area contributed by atoms with Crippen molar-refractivity contribution in [2.24, 2.45) is 5.41 Å². The number of benzene rings is 1. The van der Waals surface area contributed by atoms with Crippen LogP contribution in [0.15, 0.2) is 24.3 Å². The molecule has 0 spiro atoms. The Morgan fingerprint density at radius 1 is 1.16 bits per heavy atom. The van der Waals surface area contributed by atoms with E-state index in [9.17, 15) is 19.5 Å². The summed E-state index contributed by atoms with van der Waals surface area (Å²) in [7, 11) is 0. The molecule has 1 saturated heterocycles. The minimum Gasteiger partial charge on any atom is -0.493 e. The SMILES string of the molecule is CC(C)(C)[C@@H]1NC(=O)Cc2ccccc2OCCCCO[C@@H]2C[C@@H](C(=O)O)N(C2)C1=O. The third-order valence-corrected chi connectivity index (χ3v) is 5.72. The standard InChI is InChI=1S/C23H32N2O6/c1-23(2,3)20-21(27)25-14-16(13-17(25)22(28)29)30-10-6-7-11-31-18-9-5-4-8-15(18)12-19(26)24-20/h4-5,8-9,16-17,20H,6-7,10-14H2,1-3H3,(H,24,26)(H,28,29)/t16-,17+,20-/m1/s1. The summed E-state index contributed by atoms with van der Waals surface area (Å²) in [6, 6.07) is 5.55. The molecule has 2 aliphatic rings. The van der Waals surface area contributed by atoms with Crippen LogP contribution in [0, 0.1) is 5.41 Å². The summed E-state index contributed by atoms with van der Waals surface area (Å²) in [5.41, 5.74) is 0.143. The molecule has 8 nitrogen and oxygen atoms in total. The summed E-state index contributed by atoms with van der Waals surface area (Å²) >= 11 is 0. The average Bonchev–Trinajstić information content (AvgIpc) is 3.12. The van der Waals surface area contributed by atoms with Gasteiger partial charge in [-0.05, 0) is 24.3 Å². The number of fused-ring (bicyclic) bond motifs is 3. The van der Waals surface area contributed by atoms with E-state index in [4.69, 9.17) is 9.47 Å². The molecular weight excluding hydrogens is 400 g/mol. The lowest BCUT2D eigenvalue weighted by atomic mass is 9.85. The fourth-order valence-corrected chi connectivity index (χ4v) is 4.02. The van der Waals surface area contributed by atoms with Crippen LogP contribution in [0.2, 0.25) is 0 Å². The third kappa shape index (κ3) is 5.76. The van der Waals surface area contributed by atoms with Crippen molar-refractivity contribution in [2.45, 2.75) is 64.6 Å². The summed E-state index contributed by atoms with van der Waals surface area (Å²) in [5, 5.41) is 12.5. The second-order valence-electron chi connectivity index (χ2n) is 9.28. The molecule has 170 valence electrons. The van der Waals surface area contributed by atoms with E-state index in [-0.39, 0.29) is 31.4 Å². The number of carbonyl (C=O) groups excluding carboxylic acids is 2. The van der Waals surface area contributed by atoms with Gasteiger partial charge >= 0.3 is 5.97 Å². The number of carboxylic acid groups (broad SMARTS) is 1. The Balaban J connectivity index is 1.89. The molecule has 0 radical (unpaired) electrons. The molecule has 2 N–H and O–H groups in total. The van der Waals surface area contributed by atoms with Crippen molar-refractivity contribution in [3.05, 3.63) is 29.8 Å². The summed E-state index contributed by atoms with van der Waals surface area (Å²) < 4.78 is 11.7. The van der Waals surface area contributed by atoms with Gasteiger partial charge in [-0.25, -0.2) is 4.79 Å². The first-order valence-corrected chi connectivity index (χ1v) is 10.8. The predicted molar refractivity (Wildman–Crippen MR) is 114 cm³/mol. The Morgan fingerprint density at radius 2 is 1.87 bits per heavy atom. The van der Waals surface area contributed by atoms with Crippen molar-refractivity contribution < 1.29 is 29.0 Å². The highest BCUT2D eigenvalue weighted by atomic mass is 16.5. The molecule has 1 aromatic carbocycles. The van der Waals surface area contributed by atoms with Gasteiger partial charge in [0, 0.05) is 25.1 Å². The molecule has 2 heterocycles. The van der Waals surface area contributed by atoms with Gasteiger partial charge in [-0.1, -0.05) is 39.0 Å². The van der Waals surface area contributed by atoms with Crippen molar-refractivity contribution >= 4 is 17.8 Å². The average molecular weight is 433 g/mol. The van der Waals surface area contributed by atoms with Crippen LogP contribution in [0.4, 0.5) is 0 Å². The maximum atomic E-state index is 13.4. The molecule has 2 bridgehead atoms. The lowest BCUT2D eigenvalue weighted by Crippen LogP contribution is -2.57. The summed E-state index contributed by atoms with van der Waals surface area (Å²) in [6.45, 7) is 6.74. The minimum absolute atomic E-state index is 0.0735. The fraction of sp³-hybridized carbons (Fsp3) is 0.609. The van der Waals surface area contributed by atoms with Gasteiger partial charge in [0.25, 0.3) is 0 Å². The van der Waals surface area contributed by atoms with Gasteiger partial charge in [0.05, 0.1) is 19.1 Å². The number of amides is 2. The number of para-hydroxylation sites is 1. The summed E-state index contributed by atoms with van der Waals surface area (Å²) in [6.07, 6.45) is 1.51. The predicted octanol–water partition coefficient (Wildman–Crippen LogP) is 2.00. The number of nitrogens with zero attached hydrogens (tertiary/aromatic N) is 1. The number of hydrogen-bond donors (Lipinski definition) is 2. The first-order chi connectivity index (χ1) is 14.7. The number of carbonyl (C=O) groups is 3. The highest BCUT2D eigenvalue weighted by Crippen LogP contribution is 2.28. The molecule has 0 unspecified atom stereocenters. The van der Waals surface area contributed by atoms with Gasteiger partial charge in [-0.3, -0.25) is 9.59 Å². The highest BCUT2D eigenvalue weighted by molar-refractivity contribution is 5.92. The van der Waals surface area contributed by atoms with E-state index in [1.165, 1.54) is 4.90 Å². The molecule has 8 heteroatoms. The van der Waals surface area contributed by atoms with E-state index in [0.717, 1.165) is 18.4 Å². The van der Waals surface area contributed by atoms with Crippen LogP contribution in [-0.2, 0) is 25.5 Å². The van der Waals surface area contributed by atoms with E-state index in [0.29, 0.717) is 19.0 Å². The Hall–Kier alpha value is -2.61. The maximum absolute atomic E-state index is 13.4. The number of aliphatic carboxylic acids is 1. The number of nitrogens with one attached hydrogen (secondary N) is 1. The summed E-state index contributed by atoms with van der Waals surface area (Å²) in [5.74, 6) is -1.11. The largest absolute Gasteiger partial charge is 0.493 e. The molecule has 2 amide bonds. The van der Waals surface area contributed by atoms with E-state index < -0.39 is 29.4 Å². The van der Waals surface area contributed by atoms with Gasteiger partial charge in [-0.2, -0.15) is 0 Å². The molecule has 1 fully saturated rings. The second-order valence-corrected chi connectivity index (χ2v) is 9.28. The number of rotatable bonds is 1. The molecule has 0 aliphatic carbocycles. The van der Waals surface area contributed by atoms with Crippen molar-refractivity contribution in [3.63, 3.8) is 0 Å². The van der Waals surface area contributed by atoms with E-state index in [1.807, 2.05) is 45.0 Å². The van der Waals surface area contributed by atoms with E-state index >= 15 is 0 Å². The van der Waals surface area contributed by atoms with Crippen molar-refractivity contribution in [1.82, 2.24) is 10.2 Å². The molecule has 1 aromatic rings. The normalized spacial score (nSPS) is 26.0. The minimum atomic E-state index is -1.06. The molecule has 3 rings (SSSR count). The molecule has 0 aromatic heterocycles. The Morgan fingerprint density at radius 3 is 2.58 bits per heavy atom. The highest BCUT2D eigenvalue weighted by Gasteiger charge is 2.45. The number of carboxylic acids is 1. The van der Waals surface area contributed by atoms with Gasteiger partial charge in [0.15, 0.2) is 0 Å². The van der Waals surface area contributed by atoms with Crippen LogP contribution in [0.3, 0.4) is 0 Å². The number of hydrogen-bond acceptors (Lipinski definition) is 5.